The third-order valence-electron chi connectivity index (χ3n) is 2.93. The van der Waals surface area contributed by atoms with Crippen LogP contribution in [0.5, 0.6) is 5.75 Å². The van der Waals surface area contributed by atoms with Gasteiger partial charge in [0.2, 0.25) is 0 Å². The van der Waals surface area contributed by atoms with Crippen LogP contribution in [0.2, 0.25) is 0 Å². The van der Waals surface area contributed by atoms with Gasteiger partial charge in [-0.15, -0.1) is 13.2 Å². The molecule has 6 heteroatoms. The third kappa shape index (κ3) is 5.41. The SMILES string of the molecule is CC(C)=C(N)/C=C(/C)N(C)c1ccc(OC(F)(F)F)cc1. The van der Waals surface area contributed by atoms with Gasteiger partial charge in [0, 0.05) is 24.1 Å². The van der Waals surface area contributed by atoms with Gasteiger partial charge in [0.1, 0.15) is 5.75 Å². The summed E-state index contributed by atoms with van der Waals surface area (Å²) in [7, 11) is 1.81. The van der Waals surface area contributed by atoms with Gasteiger partial charge in [0.25, 0.3) is 0 Å². The Hall–Kier alpha value is -2.11. The van der Waals surface area contributed by atoms with E-state index in [9.17, 15) is 13.2 Å². The van der Waals surface area contributed by atoms with Crippen molar-refractivity contribution in [2.24, 2.45) is 5.73 Å². The minimum atomic E-state index is -4.68. The lowest BCUT2D eigenvalue weighted by molar-refractivity contribution is -0.274. The maximum Gasteiger partial charge on any atom is 0.573 e. The van der Waals surface area contributed by atoms with Gasteiger partial charge in [-0.2, -0.15) is 0 Å². The van der Waals surface area contributed by atoms with Crippen LogP contribution in [0.15, 0.2) is 47.3 Å². The minimum absolute atomic E-state index is 0.245. The van der Waals surface area contributed by atoms with Crippen molar-refractivity contribution in [3.63, 3.8) is 0 Å². The van der Waals surface area contributed by atoms with Gasteiger partial charge in [-0.05, 0) is 51.1 Å². The Morgan fingerprint density at radius 1 is 1.14 bits per heavy atom. The number of halogens is 3. The molecule has 0 aliphatic rings. The second-order valence-electron chi connectivity index (χ2n) is 4.84. The summed E-state index contributed by atoms with van der Waals surface area (Å²) in [5.74, 6) is -0.245. The van der Waals surface area contributed by atoms with Gasteiger partial charge >= 0.3 is 6.36 Å². The summed E-state index contributed by atoms with van der Waals surface area (Å²) >= 11 is 0. The number of anilines is 1. The maximum absolute atomic E-state index is 12.1. The van der Waals surface area contributed by atoms with Crippen molar-refractivity contribution in [1.82, 2.24) is 0 Å². The Bertz CT molecular complexity index is 541. The van der Waals surface area contributed by atoms with Crippen LogP contribution in [0.25, 0.3) is 0 Å². The summed E-state index contributed by atoms with van der Waals surface area (Å²) in [6.45, 7) is 5.68. The van der Waals surface area contributed by atoms with E-state index in [0.29, 0.717) is 5.70 Å². The number of alkyl halides is 3. The quantitative estimate of drug-likeness (QED) is 0.848. The van der Waals surface area contributed by atoms with Gasteiger partial charge in [-0.3, -0.25) is 0 Å². The molecule has 116 valence electrons. The summed E-state index contributed by atoms with van der Waals surface area (Å²) < 4.78 is 40.1. The first-order valence-corrected chi connectivity index (χ1v) is 6.31. The smallest absolute Gasteiger partial charge is 0.406 e. The molecular weight excluding hydrogens is 281 g/mol. The van der Waals surface area contributed by atoms with Gasteiger partial charge in [-0.1, -0.05) is 5.57 Å². The van der Waals surface area contributed by atoms with Crippen LogP contribution in [-0.4, -0.2) is 13.4 Å². The number of nitrogens with zero attached hydrogens (tertiary/aromatic N) is 1. The Morgan fingerprint density at radius 3 is 2.10 bits per heavy atom. The molecule has 1 aromatic rings. The molecular formula is C15H19F3N2O. The van der Waals surface area contributed by atoms with Crippen molar-refractivity contribution < 1.29 is 17.9 Å². The lowest BCUT2D eigenvalue weighted by Crippen LogP contribution is -2.18. The Kier molecular flexibility index (Phi) is 5.29. The average molecular weight is 300 g/mol. The molecule has 0 unspecified atom stereocenters. The van der Waals surface area contributed by atoms with Crippen molar-refractivity contribution in [2.45, 2.75) is 27.1 Å². The van der Waals surface area contributed by atoms with E-state index in [0.717, 1.165) is 17.0 Å². The van der Waals surface area contributed by atoms with Crippen LogP contribution < -0.4 is 15.4 Å². The predicted molar refractivity (Wildman–Crippen MR) is 77.8 cm³/mol. The monoisotopic (exact) mass is 300 g/mol. The predicted octanol–water partition coefficient (Wildman–Crippen LogP) is 4.18. The number of hydrogen-bond donors (Lipinski definition) is 1. The van der Waals surface area contributed by atoms with Crippen LogP contribution >= 0.6 is 0 Å². The van der Waals surface area contributed by atoms with E-state index in [1.165, 1.54) is 12.1 Å². The largest absolute Gasteiger partial charge is 0.573 e. The highest BCUT2D eigenvalue weighted by atomic mass is 19.4. The van der Waals surface area contributed by atoms with Gasteiger partial charge in [0.15, 0.2) is 0 Å². The van der Waals surface area contributed by atoms with Crippen molar-refractivity contribution in [3.8, 4) is 5.75 Å². The van der Waals surface area contributed by atoms with Gasteiger partial charge in [-0.25, -0.2) is 0 Å². The fraction of sp³-hybridized carbons (Fsp3) is 0.333. The molecule has 0 aliphatic carbocycles. The molecule has 1 rings (SSSR count). The summed E-state index contributed by atoms with van der Waals surface area (Å²) in [5, 5.41) is 0. The van der Waals surface area contributed by atoms with Crippen LogP contribution in [0, 0.1) is 0 Å². The average Bonchev–Trinajstić information content (AvgIpc) is 2.36. The summed E-state index contributed by atoms with van der Waals surface area (Å²) in [6, 6.07) is 5.65. The summed E-state index contributed by atoms with van der Waals surface area (Å²) in [6.07, 6.45) is -2.86. The highest BCUT2D eigenvalue weighted by Crippen LogP contribution is 2.26. The number of hydrogen-bond acceptors (Lipinski definition) is 3. The van der Waals surface area contributed by atoms with E-state index < -0.39 is 6.36 Å². The molecule has 0 aromatic heterocycles. The van der Waals surface area contributed by atoms with Gasteiger partial charge in [0.05, 0.1) is 0 Å². The number of nitrogens with two attached hydrogens (primary N) is 1. The number of benzene rings is 1. The van der Waals surface area contributed by atoms with Crippen molar-refractivity contribution >= 4 is 5.69 Å². The first-order valence-electron chi connectivity index (χ1n) is 6.31. The number of ether oxygens (including phenoxy) is 1. The fourth-order valence-electron chi connectivity index (χ4n) is 1.54. The molecule has 0 atom stereocenters. The topological polar surface area (TPSA) is 38.5 Å². The summed E-state index contributed by atoms with van der Waals surface area (Å²) in [5.41, 5.74) is 9.13. The molecule has 0 saturated heterocycles. The van der Waals surface area contributed by atoms with Crippen LogP contribution in [0.4, 0.5) is 18.9 Å². The minimum Gasteiger partial charge on any atom is -0.406 e. The molecule has 0 spiro atoms. The molecule has 0 fully saturated rings. The summed E-state index contributed by atoms with van der Waals surface area (Å²) in [4.78, 5) is 1.83. The van der Waals surface area contributed by atoms with Crippen molar-refractivity contribution in [1.29, 1.82) is 0 Å². The van der Waals surface area contributed by atoms with Crippen LogP contribution in [0.3, 0.4) is 0 Å². The second kappa shape index (κ2) is 6.56. The Morgan fingerprint density at radius 2 is 1.67 bits per heavy atom. The lowest BCUT2D eigenvalue weighted by atomic mass is 10.2. The molecule has 2 N–H and O–H groups in total. The van der Waals surface area contributed by atoms with E-state index in [-0.39, 0.29) is 5.75 Å². The Balaban J connectivity index is 2.89. The molecule has 3 nitrogen and oxygen atoms in total. The number of allylic oxidation sites excluding steroid dienone is 3. The zero-order valence-corrected chi connectivity index (χ0v) is 12.5. The van der Waals surface area contributed by atoms with E-state index in [1.807, 2.05) is 38.8 Å². The van der Waals surface area contributed by atoms with Gasteiger partial charge < -0.3 is 15.4 Å². The molecule has 1 aromatic carbocycles. The molecule has 0 aliphatic heterocycles. The lowest BCUT2D eigenvalue weighted by Gasteiger charge is -2.21. The fourth-order valence-corrected chi connectivity index (χ4v) is 1.54. The first-order chi connectivity index (χ1) is 9.60. The first kappa shape index (κ1) is 16.9. The van der Waals surface area contributed by atoms with Crippen molar-refractivity contribution in [3.05, 3.63) is 47.3 Å². The maximum atomic E-state index is 12.1. The van der Waals surface area contributed by atoms with Crippen LogP contribution in [-0.2, 0) is 0 Å². The highest BCUT2D eigenvalue weighted by molar-refractivity contribution is 5.53. The molecule has 0 amide bonds. The third-order valence-corrected chi connectivity index (χ3v) is 2.93. The molecule has 0 radical (unpaired) electrons. The molecule has 0 heterocycles. The number of rotatable bonds is 4. The standard InChI is InChI=1S/C15H19F3N2O/c1-10(2)14(19)9-11(3)20(4)12-5-7-13(8-6-12)21-15(16,17)18/h5-9H,19H2,1-4H3/b11-9-. The normalized spacial score (nSPS) is 12.0. The highest BCUT2D eigenvalue weighted by Gasteiger charge is 2.30. The second-order valence-corrected chi connectivity index (χ2v) is 4.84. The zero-order valence-electron chi connectivity index (χ0n) is 12.5. The zero-order chi connectivity index (χ0) is 16.2. The van der Waals surface area contributed by atoms with Crippen molar-refractivity contribution in [2.75, 3.05) is 11.9 Å². The molecule has 0 bridgehead atoms. The van der Waals surface area contributed by atoms with E-state index in [1.54, 1.807) is 12.1 Å². The Labute approximate surface area is 122 Å². The molecule has 21 heavy (non-hydrogen) atoms. The van der Waals surface area contributed by atoms with E-state index in [2.05, 4.69) is 4.74 Å². The van der Waals surface area contributed by atoms with Crippen LogP contribution in [0.1, 0.15) is 20.8 Å². The molecule has 0 saturated carbocycles. The van der Waals surface area contributed by atoms with E-state index in [4.69, 9.17) is 5.73 Å². The van der Waals surface area contributed by atoms with E-state index >= 15 is 0 Å².